The Morgan fingerprint density at radius 2 is 2.00 bits per heavy atom. The maximum atomic E-state index is 13.5. The fourth-order valence-electron chi connectivity index (χ4n) is 4.40. The SMILES string of the molecule is C[C@H](NC(=O)[C@H]1C=C(c2ccc(F)cc2C(F)F)CCN1)C(=O)N[C@@H]1CCc2nc(N)ccc21. The number of carbonyl (C=O) groups is 2. The molecule has 4 rings (SSSR count). The molecule has 0 bridgehead atoms. The van der Waals surface area contributed by atoms with Crippen LogP contribution in [0.5, 0.6) is 0 Å². The van der Waals surface area contributed by atoms with Gasteiger partial charge in [0, 0.05) is 17.8 Å². The number of aryl methyl sites for hydroxylation is 1. The van der Waals surface area contributed by atoms with Gasteiger partial charge in [0.1, 0.15) is 23.7 Å². The van der Waals surface area contributed by atoms with E-state index in [0.717, 1.165) is 23.4 Å². The number of benzene rings is 1. The number of nitrogen functional groups attached to an aromatic ring is 1. The van der Waals surface area contributed by atoms with Gasteiger partial charge in [0.05, 0.1) is 6.04 Å². The van der Waals surface area contributed by atoms with Crippen molar-refractivity contribution in [2.75, 3.05) is 12.3 Å². The van der Waals surface area contributed by atoms with E-state index in [1.54, 1.807) is 19.1 Å². The summed E-state index contributed by atoms with van der Waals surface area (Å²) in [5, 5.41) is 8.62. The number of amides is 2. The first kappa shape index (κ1) is 23.7. The third kappa shape index (κ3) is 5.06. The molecule has 0 radical (unpaired) electrons. The molecule has 0 spiro atoms. The van der Waals surface area contributed by atoms with E-state index in [9.17, 15) is 22.8 Å². The third-order valence-electron chi connectivity index (χ3n) is 6.15. The third-order valence-corrected chi connectivity index (χ3v) is 6.15. The highest BCUT2D eigenvalue weighted by molar-refractivity contribution is 5.92. The number of nitrogens with one attached hydrogen (secondary N) is 3. The number of carbonyl (C=O) groups excluding carboxylic acids is 2. The molecule has 7 nitrogen and oxygen atoms in total. The minimum absolute atomic E-state index is 0.208. The normalized spacial score (nSPS) is 20.4. The molecule has 1 aliphatic heterocycles. The van der Waals surface area contributed by atoms with E-state index in [-0.39, 0.29) is 17.5 Å². The fourth-order valence-corrected chi connectivity index (χ4v) is 4.40. The average Bonchev–Trinajstić information content (AvgIpc) is 3.20. The van der Waals surface area contributed by atoms with Crippen molar-refractivity contribution in [1.29, 1.82) is 0 Å². The van der Waals surface area contributed by atoms with Crippen molar-refractivity contribution >= 4 is 23.2 Å². The molecule has 2 aromatic rings. The zero-order valence-corrected chi connectivity index (χ0v) is 18.6. The highest BCUT2D eigenvalue weighted by atomic mass is 19.3. The van der Waals surface area contributed by atoms with Gasteiger partial charge in [0.25, 0.3) is 6.43 Å². The number of nitrogens with two attached hydrogens (primary N) is 1. The molecule has 0 saturated heterocycles. The molecule has 1 aromatic heterocycles. The Hall–Kier alpha value is -3.40. The number of aromatic nitrogens is 1. The number of alkyl halides is 2. The molecule has 2 heterocycles. The lowest BCUT2D eigenvalue weighted by Crippen LogP contribution is -2.52. The molecule has 3 atom stereocenters. The quantitative estimate of drug-likeness (QED) is 0.516. The Labute approximate surface area is 195 Å². The monoisotopic (exact) mass is 473 g/mol. The molecule has 2 aliphatic rings. The molecule has 0 unspecified atom stereocenters. The van der Waals surface area contributed by atoms with Gasteiger partial charge in [0.15, 0.2) is 0 Å². The minimum atomic E-state index is -2.84. The summed E-state index contributed by atoms with van der Waals surface area (Å²) in [6.45, 7) is 1.95. The van der Waals surface area contributed by atoms with E-state index >= 15 is 0 Å². The summed E-state index contributed by atoms with van der Waals surface area (Å²) < 4.78 is 40.3. The van der Waals surface area contributed by atoms with Crippen LogP contribution in [-0.4, -0.2) is 35.4 Å². The molecular weight excluding hydrogens is 447 g/mol. The highest BCUT2D eigenvalue weighted by Crippen LogP contribution is 2.32. The van der Waals surface area contributed by atoms with Crippen LogP contribution in [0.25, 0.3) is 5.57 Å². The van der Waals surface area contributed by atoms with Crippen LogP contribution < -0.4 is 21.7 Å². The smallest absolute Gasteiger partial charge is 0.264 e. The lowest BCUT2D eigenvalue weighted by Gasteiger charge is -2.25. The van der Waals surface area contributed by atoms with Gasteiger partial charge in [0.2, 0.25) is 11.8 Å². The lowest BCUT2D eigenvalue weighted by molar-refractivity contribution is -0.129. The number of nitrogens with zero attached hydrogens (tertiary/aromatic N) is 1. The van der Waals surface area contributed by atoms with Gasteiger partial charge in [-0.3, -0.25) is 9.59 Å². The number of halogens is 3. The predicted octanol–water partition coefficient (Wildman–Crippen LogP) is 2.79. The molecule has 180 valence electrons. The fraction of sp³-hybridized carbons (Fsp3) is 0.375. The highest BCUT2D eigenvalue weighted by Gasteiger charge is 2.29. The summed E-state index contributed by atoms with van der Waals surface area (Å²) in [6.07, 6.45) is 0.509. The van der Waals surface area contributed by atoms with E-state index in [1.807, 2.05) is 6.07 Å². The number of rotatable bonds is 6. The van der Waals surface area contributed by atoms with Crippen molar-refractivity contribution in [3.8, 4) is 0 Å². The van der Waals surface area contributed by atoms with Gasteiger partial charge in [-0.05, 0) is 61.1 Å². The van der Waals surface area contributed by atoms with E-state index in [0.29, 0.717) is 37.2 Å². The second kappa shape index (κ2) is 9.84. The van der Waals surface area contributed by atoms with Crippen molar-refractivity contribution in [2.24, 2.45) is 0 Å². The molecule has 5 N–H and O–H groups in total. The predicted molar refractivity (Wildman–Crippen MR) is 121 cm³/mol. The van der Waals surface area contributed by atoms with Crippen molar-refractivity contribution in [2.45, 2.75) is 50.7 Å². The maximum absolute atomic E-state index is 13.5. The minimum Gasteiger partial charge on any atom is -0.384 e. The second-order valence-corrected chi connectivity index (χ2v) is 8.51. The van der Waals surface area contributed by atoms with Crippen molar-refractivity contribution in [3.63, 3.8) is 0 Å². The Kier molecular flexibility index (Phi) is 6.87. The number of hydrogen-bond donors (Lipinski definition) is 4. The summed E-state index contributed by atoms with van der Waals surface area (Å²) in [6, 6.07) is 4.94. The largest absolute Gasteiger partial charge is 0.384 e. The molecule has 34 heavy (non-hydrogen) atoms. The standard InChI is InChI=1S/C24H26F3N5O2/c1-12(23(33)32-19-6-5-18-16(19)4-7-21(28)31-18)30-24(34)20-10-13(8-9-29-20)15-3-2-14(25)11-17(15)22(26)27/h2-4,7,10-12,19-20,22,29H,5-6,8-9H2,1H3,(H2,28,31)(H,30,34)(H,32,33)/t12-,19+,20+/m0/s1. The Morgan fingerprint density at radius 3 is 2.76 bits per heavy atom. The van der Waals surface area contributed by atoms with Crippen molar-refractivity contribution < 1.29 is 22.8 Å². The molecule has 1 aromatic carbocycles. The van der Waals surface area contributed by atoms with Crippen LogP contribution in [0.4, 0.5) is 19.0 Å². The zero-order valence-electron chi connectivity index (χ0n) is 18.6. The van der Waals surface area contributed by atoms with Crippen LogP contribution >= 0.6 is 0 Å². The topological polar surface area (TPSA) is 109 Å². The summed E-state index contributed by atoms with van der Waals surface area (Å²) >= 11 is 0. The number of anilines is 1. The van der Waals surface area contributed by atoms with Gasteiger partial charge in [-0.1, -0.05) is 18.2 Å². The molecule has 1 aliphatic carbocycles. The van der Waals surface area contributed by atoms with Crippen molar-refractivity contribution in [3.05, 3.63) is 64.6 Å². The summed E-state index contributed by atoms with van der Waals surface area (Å²) in [5.74, 6) is -1.12. The first-order chi connectivity index (χ1) is 16.2. The van der Waals surface area contributed by atoms with Gasteiger partial charge in [-0.15, -0.1) is 0 Å². The molecular formula is C24H26F3N5O2. The Balaban J connectivity index is 1.41. The van der Waals surface area contributed by atoms with E-state index in [2.05, 4.69) is 20.9 Å². The first-order valence-corrected chi connectivity index (χ1v) is 11.1. The summed E-state index contributed by atoms with van der Waals surface area (Å²) in [5.41, 5.74) is 7.83. The van der Waals surface area contributed by atoms with Gasteiger partial charge >= 0.3 is 0 Å². The molecule has 10 heteroatoms. The van der Waals surface area contributed by atoms with E-state index in [1.165, 1.54) is 6.07 Å². The molecule has 0 saturated carbocycles. The Bertz CT molecular complexity index is 1140. The van der Waals surface area contributed by atoms with Crippen LogP contribution in [0, 0.1) is 5.82 Å². The van der Waals surface area contributed by atoms with Gasteiger partial charge in [-0.25, -0.2) is 18.2 Å². The van der Waals surface area contributed by atoms with E-state index < -0.39 is 35.8 Å². The average molecular weight is 473 g/mol. The number of pyridine rings is 1. The summed E-state index contributed by atoms with van der Waals surface area (Å²) in [4.78, 5) is 29.8. The van der Waals surface area contributed by atoms with Crippen LogP contribution in [0.15, 0.2) is 36.4 Å². The van der Waals surface area contributed by atoms with Crippen LogP contribution in [-0.2, 0) is 16.0 Å². The second-order valence-electron chi connectivity index (χ2n) is 8.51. The van der Waals surface area contributed by atoms with Gasteiger partial charge in [-0.2, -0.15) is 0 Å². The van der Waals surface area contributed by atoms with E-state index in [4.69, 9.17) is 5.73 Å². The van der Waals surface area contributed by atoms with Crippen LogP contribution in [0.2, 0.25) is 0 Å². The molecule has 2 amide bonds. The number of fused-ring (bicyclic) bond motifs is 1. The lowest BCUT2D eigenvalue weighted by atomic mass is 9.93. The first-order valence-electron chi connectivity index (χ1n) is 11.1. The summed E-state index contributed by atoms with van der Waals surface area (Å²) in [7, 11) is 0. The Morgan fingerprint density at radius 1 is 1.21 bits per heavy atom. The molecule has 0 fully saturated rings. The van der Waals surface area contributed by atoms with Crippen LogP contribution in [0.3, 0.4) is 0 Å². The van der Waals surface area contributed by atoms with Crippen molar-refractivity contribution in [1.82, 2.24) is 20.9 Å². The van der Waals surface area contributed by atoms with Gasteiger partial charge < -0.3 is 21.7 Å². The number of hydrogen-bond acceptors (Lipinski definition) is 5. The zero-order chi connectivity index (χ0) is 24.4. The van der Waals surface area contributed by atoms with Crippen LogP contribution in [0.1, 0.15) is 54.6 Å². The maximum Gasteiger partial charge on any atom is 0.264 e.